The normalized spacial score (nSPS) is 25.6. The molecule has 0 unspecified atom stereocenters. The summed E-state index contributed by atoms with van der Waals surface area (Å²) in [7, 11) is 0. The van der Waals surface area contributed by atoms with Gasteiger partial charge in [0.05, 0.1) is 0 Å². The third kappa shape index (κ3) is 2.78. The number of hydrogen-bond acceptors (Lipinski definition) is 2. The Morgan fingerprint density at radius 1 is 0.870 bits per heavy atom. The molecule has 0 aromatic heterocycles. The standard InChI is InChI=1S/C20H27ClO2/c21-17-11-12-19-18(13-17)20(23-14-22-19,15-7-3-1-4-8-15)16-9-5-2-6-10-16/h11-13,15-16H,1-10,14H2. The van der Waals surface area contributed by atoms with E-state index in [1.807, 2.05) is 12.1 Å². The number of hydrogen-bond donors (Lipinski definition) is 0. The summed E-state index contributed by atoms with van der Waals surface area (Å²) in [4.78, 5) is 0. The maximum atomic E-state index is 6.55. The molecule has 0 bridgehead atoms. The minimum atomic E-state index is -0.167. The molecule has 0 radical (unpaired) electrons. The lowest BCUT2D eigenvalue weighted by molar-refractivity contribution is -0.202. The predicted molar refractivity (Wildman–Crippen MR) is 92.9 cm³/mol. The Kier molecular flexibility index (Phi) is 4.56. The van der Waals surface area contributed by atoms with Crippen LogP contribution in [0.3, 0.4) is 0 Å². The lowest BCUT2D eigenvalue weighted by Crippen LogP contribution is -2.49. The van der Waals surface area contributed by atoms with Crippen molar-refractivity contribution in [1.29, 1.82) is 0 Å². The van der Waals surface area contributed by atoms with Gasteiger partial charge in [-0.15, -0.1) is 0 Å². The van der Waals surface area contributed by atoms with Gasteiger partial charge >= 0.3 is 0 Å². The van der Waals surface area contributed by atoms with Crippen LogP contribution in [-0.2, 0) is 10.3 Å². The van der Waals surface area contributed by atoms with Gasteiger partial charge in [0.15, 0.2) is 6.79 Å². The third-order valence-corrected chi connectivity index (χ3v) is 6.53. The number of ether oxygens (including phenoxy) is 2. The van der Waals surface area contributed by atoms with Gasteiger partial charge in [-0.2, -0.15) is 0 Å². The van der Waals surface area contributed by atoms with E-state index in [2.05, 4.69) is 6.07 Å². The summed E-state index contributed by atoms with van der Waals surface area (Å²) < 4.78 is 12.4. The molecule has 4 rings (SSSR count). The summed E-state index contributed by atoms with van der Waals surface area (Å²) in [6.07, 6.45) is 13.2. The quantitative estimate of drug-likeness (QED) is 0.654. The first-order valence-corrected chi connectivity index (χ1v) is 9.75. The van der Waals surface area contributed by atoms with Crippen molar-refractivity contribution in [3.63, 3.8) is 0 Å². The highest BCUT2D eigenvalue weighted by Crippen LogP contribution is 2.55. The average Bonchev–Trinajstić information content (AvgIpc) is 2.62. The second-order valence-electron chi connectivity index (χ2n) is 7.51. The molecule has 0 saturated heterocycles. The smallest absolute Gasteiger partial charge is 0.190 e. The Bertz CT molecular complexity index is 527. The molecule has 0 N–H and O–H groups in total. The van der Waals surface area contributed by atoms with Gasteiger partial charge in [0.1, 0.15) is 11.4 Å². The zero-order valence-electron chi connectivity index (χ0n) is 13.9. The molecule has 1 aliphatic heterocycles. The van der Waals surface area contributed by atoms with Crippen LogP contribution in [0.1, 0.15) is 69.8 Å². The van der Waals surface area contributed by atoms with Crippen molar-refractivity contribution in [1.82, 2.24) is 0 Å². The van der Waals surface area contributed by atoms with E-state index < -0.39 is 0 Å². The number of benzene rings is 1. The minimum absolute atomic E-state index is 0.167. The van der Waals surface area contributed by atoms with Crippen LogP contribution in [-0.4, -0.2) is 6.79 Å². The van der Waals surface area contributed by atoms with Crippen LogP contribution < -0.4 is 4.74 Å². The molecule has 2 fully saturated rings. The summed E-state index contributed by atoms with van der Waals surface area (Å²) in [6.45, 7) is 0.391. The molecular weight excluding hydrogens is 308 g/mol. The highest BCUT2D eigenvalue weighted by molar-refractivity contribution is 6.30. The number of fused-ring (bicyclic) bond motifs is 1. The SMILES string of the molecule is Clc1ccc2c(c1)C(C1CCCCC1)(C1CCCCC1)OCO2. The lowest BCUT2D eigenvalue weighted by atomic mass is 9.63. The Morgan fingerprint density at radius 2 is 1.48 bits per heavy atom. The van der Waals surface area contributed by atoms with Gasteiger partial charge < -0.3 is 9.47 Å². The zero-order valence-corrected chi connectivity index (χ0v) is 14.6. The van der Waals surface area contributed by atoms with Gasteiger partial charge in [0, 0.05) is 10.6 Å². The molecule has 0 atom stereocenters. The number of halogens is 1. The summed E-state index contributed by atoms with van der Waals surface area (Å²) in [5, 5.41) is 0.800. The molecule has 1 aromatic carbocycles. The van der Waals surface area contributed by atoms with E-state index in [1.165, 1.54) is 69.8 Å². The van der Waals surface area contributed by atoms with E-state index in [1.54, 1.807) is 0 Å². The molecule has 3 aliphatic rings. The largest absolute Gasteiger partial charge is 0.467 e. The van der Waals surface area contributed by atoms with Gasteiger partial charge in [-0.05, 0) is 55.7 Å². The van der Waals surface area contributed by atoms with E-state index in [9.17, 15) is 0 Å². The van der Waals surface area contributed by atoms with Crippen LogP contribution in [0.4, 0.5) is 0 Å². The summed E-state index contributed by atoms with van der Waals surface area (Å²) in [5.41, 5.74) is 1.06. The van der Waals surface area contributed by atoms with E-state index in [0.29, 0.717) is 18.6 Å². The van der Waals surface area contributed by atoms with Crippen molar-refractivity contribution >= 4 is 11.6 Å². The van der Waals surface area contributed by atoms with Crippen LogP contribution in [0.15, 0.2) is 18.2 Å². The minimum Gasteiger partial charge on any atom is -0.467 e. The second-order valence-corrected chi connectivity index (χ2v) is 7.95. The maximum Gasteiger partial charge on any atom is 0.190 e. The van der Waals surface area contributed by atoms with E-state index >= 15 is 0 Å². The van der Waals surface area contributed by atoms with Gasteiger partial charge in [-0.3, -0.25) is 0 Å². The average molecular weight is 335 g/mol. The molecule has 1 heterocycles. The van der Waals surface area contributed by atoms with Gasteiger partial charge in [0.2, 0.25) is 0 Å². The zero-order chi connectivity index (χ0) is 15.7. The molecule has 0 spiro atoms. The molecule has 2 aliphatic carbocycles. The molecule has 3 heteroatoms. The van der Waals surface area contributed by atoms with Gasteiger partial charge in [-0.1, -0.05) is 50.1 Å². The predicted octanol–water partition coefficient (Wildman–Crippen LogP) is 6.06. The van der Waals surface area contributed by atoms with Crippen LogP contribution >= 0.6 is 11.6 Å². The molecule has 0 amide bonds. The van der Waals surface area contributed by atoms with Crippen LogP contribution in [0, 0.1) is 11.8 Å². The second kappa shape index (κ2) is 6.64. The first-order chi connectivity index (χ1) is 11.3. The Labute approximate surface area is 144 Å². The first kappa shape index (κ1) is 15.8. The first-order valence-electron chi connectivity index (χ1n) is 9.37. The van der Waals surface area contributed by atoms with Crippen LogP contribution in [0.5, 0.6) is 5.75 Å². The molecule has 23 heavy (non-hydrogen) atoms. The van der Waals surface area contributed by atoms with E-state index in [-0.39, 0.29) is 5.60 Å². The molecule has 2 nitrogen and oxygen atoms in total. The van der Waals surface area contributed by atoms with E-state index in [4.69, 9.17) is 21.1 Å². The molecular formula is C20H27ClO2. The fourth-order valence-corrected chi connectivity index (χ4v) is 5.45. The highest BCUT2D eigenvalue weighted by atomic mass is 35.5. The summed E-state index contributed by atoms with van der Waals surface area (Å²) in [5.74, 6) is 2.22. The van der Waals surface area contributed by atoms with Gasteiger partial charge in [-0.25, -0.2) is 0 Å². The fourth-order valence-electron chi connectivity index (χ4n) is 5.27. The highest BCUT2D eigenvalue weighted by Gasteiger charge is 2.51. The summed E-state index contributed by atoms with van der Waals surface area (Å²) in [6, 6.07) is 6.11. The van der Waals surface area contributed by atoms with Crippen molar-refractivity contribution in [2.45, 2.75) is 69.8 Å². The van der Waals surface area contributed by atoms with Crippen LogP contribution in [0.2, 0.25) is 5.02 Å². The van der Waals surface area contributed by atoms with Crippen LogP contribution in [0.25, 0.3) is 0 Å². The van der Waals surface area contributed by atoms with Gasteiger partial charge in [0.25, 0.3) is 0 Å². The van der Waals surface area contributed by atoms with Crippen molar-refractivity contribution in [2.75, 3.05) is 6.79 Å². The molecule has 2 saturated carbocycles. The Hall–Kier alpha value is -0.730. The van der Waals surface area contributed by atoms with Crippen molar-refractivity contribution in [3.8, 4) is 5.75 Å². The Morgan fingerprint density at radius 3 is 2.09 bits per heavy atom. The Balaban J connectivity index is 1.81. The molecule has 126 valence electrons. The third-order valence-electron chi connectivity index (χ3n) is 6.30. The van der Waals surface area contributed by atoms with E-state index in [0.717, 1.165) is 10.8 Å². The lowest BCUT2D eigenvalue weighted by Gasteiger charge is -2.51. The van der Waals surface area contributed by atoms with Crippen molar-refractivity contribution in [2.24, 2.45) is 11.8 Å². The topological polar surface area (TPSA) is 18.5 Å². The van der Waals surface area contributed by atoms with Crippen molar-refractivity contribution in [3.05, 3.63) is 28.8 Å². The van der Waals surface area contributed by atoms with Crippen molar-refractivity contribution < 1.29 is 9.47 Å². The fraction of sp³-hybridized carbons (Fsp3) is 0.700. The monoisotopic (exact) mass is 334 g/mol. The summed E-state index contributed by atoms with van der Waals surface area (Å²) >= 11 is 6.37. The number of rotatable bonds is 2. The molecule has 1 aromatic rings. The maximum absolute atomic E-state index is 6.55.